The molecule has 64 valence electrons. The molecule has 3 nitrogen and oxygen atoms in total. The number of aliphatic hydroxyl groups excluding tert-OH is 1. The maximum atomic E-state index is 11.1. The molecule has 11 heavy (non-hydrogen) atoms. The first kappa shape index (κ1) is 8.53. The lowest BCUT2D eigenvalue weighted by Gasteiger charge is -2.21. The Hall–Kier alpha value is -0.570. The zero-order chi connectivity index (χ0) is 8.27. The summed E-state index contributed by atoms with van der Waals surface area (Å²) < 4.78 is 0. The van der Waals surface area contributed by atoms with Gasteiger partial charge in [-0.3, -0.25) is 4.79 Å². The molecule has 0 aromatic heterocycles. The molecule has 1 unspecified atom stereocenters. The molecule has 0 saturated carbocycles. The molecular formula is C8H15NO2. The molecule has 3 heteroatoms. The van der Waals surface area contributed by atoms with Crippen molar-refractivity contribution in [2.45, 2.75) is 32.2 Å². The molecule has 1 rings (SSSR count). The van der Waals surface area contributed by atoms with Crippen LogP contribution in [-0.2, 0) is 4.79 Å². The first-order chi connectivity index (χ1) is 5.29. The molecule has 0 bridgehead atoms. The highest BCUT2D eigenvalue weighted by molar-refractivity contribution is 5.78. The third kappa shape index (κ3) is 1.71. The van der Waals surface area contributed by atoms with Crippen LogP contribution in [0, 0.1) is 0 Å². The van der Waals surface area contributed by atoms with Gasteiger partial charge in [-0.2, -0.15) is 0 Å². The minimum atomic E-state index is 0.189. The quantitative estimate of drug-likeness (QED) is 0.643. The van der Waals surface area contributed by atoms with E-state index >= 15 is 0 Å². The van der Waals surface area contributed by atoms with Crippen molar-refractivity contribution in [1.82, 2.24) is 4.90 Å². The van der Waals surface area contributed by atoms with Crippen molar-refractivity contribution < 1.29 is 9.90 Å². The molecule has 1 aliphatic rings. The molecule has 1 N–H and O–H groups in total. The summed E-state index contributed by atoms with van der Waals surface area (Å²) in [5.41, 5.74) is 0. The van der Waals surface area contributed by atoms with Crippen molar-refractivity contribution in [2.24, 2.45) is 0 Å². The van der Waals surface area contributed by atoms with E-state index < -0.39 is 0 Å². The predicted molar refractivity (Wildman–Crippen MR) is 42.1 cm³/mol. The maximum absolute atomic E-state index is 11.1. The van der Waals surface area contributed by atoms with E-state index in [9.17, 15) is 4.79 Å². The zero-order valence-electron chi connectivity index (χ0n) is 6.92. The number of carbonyl (C=O) groups is 1. The van der Waals surface area contributed by atoms with Crippen LogP contribution in [0.4, 0.5) is 0 Å². The Morgan fingerprint density at radius 1 is 1.73 bits per heavy atom. The Balaban J connectivity index is 2.47. The fourth-order valence-corrected chi connectivity index (χ4v) is 1.68. The molecule has 1 aliphatic heterocycles. The number of hydrogen-bond donors (Lipinski definition) is 1. The summed E-state index contributed by atoms with van der Waals surface area (Å²) >= 11 is 0. The van der Waals surface area contributed by atoms with E-state index in [0.29, 0.717) is 12.5 Å². The van der Waals surface area contributed by atoms with Crippen LogP contribution < -0.4 is 0 Å². The summed E-state index contributed by atoms with van der Waals surface area (Å²) in [4.78, 5) is 13.0. The summed E-state index contributed by atoms with van der Waals surface area (Å²) in [5, 5.41) is 8.69. The van der Waals surface area contributed by atoms with Crippen LogP contribution in [0.25, 0.3) is 0 Å². The minimum Gasteiger partial charge on any atom is -0.396 e. The van der Waals surface area contributed by atoms with Crippen LogP contribution in [0.1, 0.15) is 26.2 Å². The normalized spacial score (nSPS) is 24.7. The van der Waals surface area contributed by atoms with E-state index in [-0.39, 0.29) is 12.5 Å². The number of likely N-dealkylation sites (tertiary alicyclic amines) is 1. The lowest BCUT2D eigenvalue weighted by molar-refractivity contribution is -0.128. The van der Waals surface area contributed by atoms with Crippen molar-refractivity contribution in [3.05, 3.63) is 0 Å². The Kier molecular flexibility index (Phi) is 2.88. The van der Waals surface area contributed by atoms with Crippen molar-refractivity contribution in [1.29, 1.82) is 0 Å². The van der Waals surface area contributed by atoms with Gasteiger partial charge in [0.05, 0.1) is 0 Å². The van der Waals surface area contributed by atoms with Gasteiger partial charge in [0.15, 0.2) is 0 Å². The molecular weight excluding hydrogens is 142 g/mol. The van der Waals surface area contributed by atoms with Crippen molar-refractivity contribution in [3.8, 4) is 0 Å². The van der Waals surface area contributed by atoms with Gasteiger partial charge in [0.2, 0.25) is 5.91 Å². The number of nitrogens with zero attached hydrogens (tertiary/aromatic N) is 1. The van der Waals surface area contributed by atoms with Gasteiger partial charge >= 0.3 is 0 Å². The van der Waals surface area contributed by atoms with Gasteiger partial charge in [0.1, 0.15) is 0 Å². The molecule has 1 saturated heterocycles. The molecule has 0 aromatic rings. The lowest BCUT2D eigenvalue weighted by atomic mass is 10.1. The van der Waals surface area contributed by atoms with Crippen LogP contribution in [0.5, 0.6) is 0 Å². The monoisotopic (exact) mass is 157 g/mol. The van der Waals surface area contributed by atoms with Crippen molar-refractivity contribution in [2.75, 3.05) is 13.2 Å². The maximum Gasteiger partial charge on any atom is 0.222 e. The third-order valence-corrected chi connectivity index (χ3v) is 2.26. The summed E-state index contributed by atoms with van der Waals surface area (Å²) in [6.45, 7) is 2.95. The average Bonchev–Trinajstić information content (AvgIpc) is 2.33. The van der Waals surface area contributed by atoms with Gasteiger partial charge < -0.3 is 10.0 Å². The van der Waals surface area contributed by atoms with Gasteiger partial charge in [0, 0.05) is 25.6 Å². The molecule has 0 aliphatic carbocycles. The van der Waals surface area contributed by atoms with Gasteiger partial charge in [0.25, 0.3) is 0 Å². The van der Waals surface area contributed by atoms with E-state index in [4.69, 9.17) is 5.11 Å². The largest absolute Gasteiger partial charge is 0.396 e. The summed E-state index contributed by atoms with van der Waals surface area (Å²) in [5.74, 6) is 0.242. The van der Waals surface area contributed by atoms with Gasteiger partial charge in [-0.15, -0.1) is 0 Å². The number of hydrogen-bond acceptors (Lipinski definition) is 2. The molecule has 1 amide bonds. The molecule has 1 fully saturated rings. The third-order valence-electron chi connectivity index (χ3n) is 2.26. The molecule has 1 heterocycles. The molecule has 0 spiro atoms. The zero-order valence-corrected chi connectivity index (χ0v) is 6.92. The van der Waals surface area contributed by atoms with Crippen molar-refractivity contribution in [3.63, 3.8) is 0 Å². The van der Waals surface area contributed by atoms with Gasteiger partial charge in [-0.1, -0.05) is 0 Å². The van der Waals surface area contributed by atoms with Crippen LogP contribution in [0.3, 0.4) is 0 Å². The van der Waals surface area contributed by atoms with E-state index in [1.54, 1.807) is 0 Å². The molecule has 0 radical (unpaired) electrons. The first-order valence-electron chi connectivity index (χ1n) is 4.20. The van der Waals surface area contributed by atoms with Crippen molar-refractivity contribution >= 4 is 5.91 Å². The van der Waals surface area contributed by atoms with Crippen LogP contribution >= 0.6 is 0 Å². The minimum absolute atomic E-state index is 0.189. The van der Waals surface area contributed by atoms with Crippen LogP contribution in [-0.4, -0.2) is 35.1 Å². The Morgan fingerprint density at radius 2 is 2.45 bits per heavy atom. The smallest absolute Gasteiger partial charge is 0.222 e. The second-order valence-corrected chi connectivity index (χ2v) is 2.88. The Bertz CT molecular complexity index is 147. The summed E-state index contributed by atoms with van der Waals surface area (Å²) in [6.07, 6.45) is 2.32. The highest BCUT2D eigenvalue weighted by atomic mass is 16.3. The molecule has 0 aromatic carbocycles. The predicted octanol–water partition coefficient (Wildman–Crippen LogP) is 0.380. The SMILES string of the molecule is CCN1C(=O)CCC1CCO. The fourth-order valence-electron chi connectivity index (χ4n) is 1.68. The second kappa shape index (κ2) is 3.72. The number of carbonyl (C=O) groups excluding carboxylic acids is 1. The number of amides is 1. The van der Waals surface area contributed by atoms with Crippen LogP contribution in [0.15, 0.2) is 0 Å². The first-order valence-corrected chi connectivity index (χ1v) is 4.20. The van der Waals surface area contributed by atoms with E-state index in [2.05, 4.69) is 0 Å². The molecule has 1 atom stereocenters. The lowest BCUT2D eigenvalue weighted by Crippen LogP contribution is -2.33. The number of aliphatic hydroxyl groups is 1. The standard InChI is InChI=1S/C8H15NO2/c1-2-9-7(5-6-10)3-4-8(9)11/h7,10H,2-6H2,1H3. The average molecular weight is 157 g/mol. The Morgan fingerprint density at radius 3 is 3.00 bits per heavy atom. The van der Waals surface area contributed by atoms with Gasteiger partial charge in [-0.05, 0) is 19.8 Å². The van der Waals surface area contributed by atoms with Gasteiger partial charge in [-0.25, -0.2) is 0 Å². The fraction of sp³-hybridized carbons (Fsp3) is 0.875. The summed E-state index contributed by atoms with van der Waals surface area (Å²) in [7, 11) is 0. The highest BCUT2D eigenvalue weighted by Gasteiger charge is 2.28. The topological polar surface area (TPSA) is 40.5 Å². The second-order valence-electron chi connectivity index (χ2n) is 2.88. The summed E-state index contributed by atoms with van der Waals surface area (Å²) in [6, 6.07) is 0.303. The highest BCUT2D eigenvalue weighted by Crippen LogP contribution is 2.20. The van der Waals surface area contributed by atoms with E-state index in [0.717, 1.165) is 19.4 Å². The van der Waals surface area contributed by atoms with Crippen LogP contribution in [0.2, 0.25) is 0 Å². The van der Waals surface area contributed by atoms with E-state index in [1.165, 1.54) is 0 Å². The Labute approximate surface area is 67.0 Å². The van der Waals surface area contributed by atoms with E-state index in [1.807, 2.05) is 11.8 Å². The number of rotatable bonds is 3.